The van der Waals surface area contributed by atoms with Crippen LogP contribution in [0.4, 0.5) is 5.69 Å². The smallest absolute Gasteiger partial charge is 0.264 e. The average Bonchev–Trinajstić information content (AvgIpc) is 3.62. The number of rotatable bonds is 14. The highest BCUT2D eigenvalue weighted by molar-refractivity contribution is 9.10. The second-order valence-electron chi connectivity index (χ2n) is 11.7. The summed E-state index contributed by atoms with van der Waals surface area (Å²) in [5, 5.41) is 3.20. The SMILES string of the molecule is COc1ccc(S(=O)(=O)N(CC(=O)N(Cc2cccc(Br)c2)[C@@H](Cc2ccccc2)C(=O)NC2CCCC2)c2ccccc2)cc1OC. The lowest BCUT2D eigenvalue weighted by molar-refractivity contribution is -0.140. The van der Waals surface area contributed by atoms with E-state index < -0.39 is 28.5 Å². The lowest BCUT2D eigenvalue weighted by atomic mass is 10.0. The number of halogens is 1. The van der Waals surface area contributed by atoms with Gasteiger partial charge in [0.1, 0.15) is 12.6 Å². The molecule has 0 aliphatic heterocycles. The number of sulfonamides is 1. The first-order valence-corrected chi connectivity index (χ1v) is 18.1. The zero-order chi connectivity index (χ0) is 34.1. The van der Waals surface area contributed by atoms with E-state index in [0.29, 0.717) is 11.4 Å². The van der Waals surface area contributed by atoms with Gasteiger partial charge >= 0.3 is 0 Å². The van der Waals surface area contributed by atoms with Crippen LogP contribution in [0.5, 0.6) is 11.5 Å². The number of hydrogen-bond donors (Lipinski definition) is 1. The van der Waals surface area contributed by atoms with Crippen LogP contribution in [-0.4, -0.2) is 58.0 Å². The number of anilines is 1. The Morgan fingerprint density at radius 2 is 1.48 bits per heavy atom. The summed E-state index contributed by atoms with van der Waals surface area (Å²) in [6.07, 6.45) is 4.10. The third kappa shape index (κ3) is 8.56. The maximum atomic E-state index is 14.7. The van der Waals surface area contributed by atoms with Gasteiger partial charge < -0.3 is 19.7 Å². The highest BCUT2D eigenvalue weighted by Crippen LogP contribution is 2.32. The fraction of sp³-hybridized carbons (Fsp3) is 0.297. The molecule has 4 aromatic rings. The van der Waals surface area contributed by atoms with Crippen molar-refractivity contribution in [2.45, 2.75) is 55.6 Å². The predicted octanol–water partition coefficient (Wildman–Crippen LogP) is 6.36. The largest absolute Gasteiger partial charge is 0.493 e. The summed E-state index contributed by atoms with van der Waals surface area (Å²) in [6.45, 7) is -0.455. The van der Waals surface area contributed by atoms with E-state index in [1.807, 2.05) is 54.6 Å². The average molecular weight is 735 g/mol. The molecule has 0 spiro atoms. The number of nitrogens with zero attached hydrogens (tertiary/aromatic N) is 2. The molecule has 0 aromatic heterocycles. The molecule has 1 fully saturated rings. The van der Waals surface area contributed by atoms with Crippen molar-refractivity contribution in [2.75, 3.05) is 25.1 Å². The van der Waals surface area contributed by atoms with Gasteiger partial charge in [0.2, 0.25) is 11.8 Å². The van der Waals surface area contributed by atoms with Crippen molar-refractivity contribution in [3.8, 4) is 11.5 Å². The van der Waals surface area contributed by atoms with E-state index in [4.69, 9.17) is 9.47 Å². The van der Waals surface area contributed by atoms with E-state index in [1.54, 1.807) is 30.3 Å². The predicted molar refractivity (Wildman–Crippen MR) is 190 cm³/mol. The second-order valence-corrected chi connectivity index (χ2v) is 14.5. The Labute approximate surface area is 291 Å². The standard InChI is InChI=1S/C37H40BrN3O6S/c1-46-34-21-20-32(24-35(34)47-2)48(44,45)41(31-18-7-4-8-19-31)26-36(42)40(25-28-14-11-15-29(38)22-28)33(23-27-12-5-3-6-13-27)37(43)39-30-16-9-10-17-30/h3-8,11-15,18-22,24,30,33H,9-10,16-17,23,25-26H2,1-2H3,(H,39,43)/t33-/m0/s1. The number of hydrogen-bond acceptors (Lipinski definition) is 6. The van der Waals surface area contributed by atoms with Crippen molar-refractivity contribution < 1.29 is 27.5 Å². The highest BCUT2D eigenvalue weighted by Gasteiger charge is 2.36. The molecule has 0 unspecified atom stereocenters. The summed E-state index contributed by atoms with van der Waals surface area (Å²) in [6, 6.07) is 29.0. The molecule has 0 radical (unpaired) electrons. The molecule has 252 valence electrons. The third-order valence-corrected chi connectivity index (χ3v) is 10.7. The van der Waals surface area contributed by atoms with Crippen molar-refractivity contribution in [1.29, 1.82) is 0 Å². The Morgan fingerprint density at radius 3 is 2.12 bits per heavy atom. The molecule has 1 aliphatic carbocycles. The monoisotopic (exact) mass is 733 g/mol. The molecule has 11 heteroatoms. The Balaban J connectivity index is 1.57. The van der Waals surface area contributed by atoms with Gasteiger partial charge in [-0.2, -0.15) is 0 Å². The van der Waals surface area contributed by atoms with Crippen LogP contribution in [0.15, 0.2) is 112 Å². The molecule has 1 atom stereocenters. The summed E-state index contributed by atoms with van der Waals surface area (Å²) < 4.78 is 41.3. The molecule has 4 aromatic carbocycles. The minimum atomic E-state index is -4.30. The number of amides is 2. The van der Waals surface area contributed by atoms with Crippen molar-refractivity contribution in [2.24, 2.45) is 0 Å². The number of benzene rings is 4. The molecule has 1 aliphatic rings. The van der Waals surface area contributed by atoms with Crippen molar-refractivity contribution in [3.63, 3.8) is 0 Å². The first-order valence-electron chi connectivity index (χ1n) is 15.9. The molecule has 0 saturated heterocycles. The number of ether oxygens (including phenoxy) is 2. The number of methoxy groups -OCH3 is 2. The van der Waals surface area contributed by atoms with Gasteiger partial charge in [-0.05, 0) is 60.4 Å². The molecule has 1 N–H and O–H groups in total. The molecule has 0 bridgehead atoms. The van der Waals surface area contributed by atoms with E-state index in [9.17, 15) is 18.0 Å². The Kier molecular flexibility index (Phi) is 11.8. The van der Waals surface area contributed by atoms with Crippen LogP contribution in [0.2, 0.25) is 0 Å². The maximum Gasteiger partial charge on any atom is 0.264 e. The fourth-order valence-corrected chi connectivity index (χ4v) is 7.86. The van der Waals surface area contributed by atoms with Crippen LogP contribution < -0.4 is 19.1 Å². The third-order valence-electron chi connectivity index (χ3n) is 8.48. The molecular formula is C37H40BrN3O6S. The highest BCUT2D eigenvalue weighted by atomic mass is 79.9. The Hall–Kier alpha value is -4.35. The summed E-state index contributed by atoms with van der Waals surface area (Å²) in [5.74, 6) is -0.176. The minimum Gasteiger partial charge on any atom is -0.493 e. The zero-order valence-electron chi connectivity index (χ0n) is 27.0. The lowest BCUT2D eigenvalue weighted by Gasteiger charge is -2.34. The van der Waals surface area contributed by atoms with Crippen molar-refractivity contribution in [3.05, 3.63) is 119 Å². The summed E-state index contributed by atoms with van der Waals surface area (Å²) in [5.41, 5.74) is 1.98. The molecule has 9 nitrogen and oxygen atoms in total. The topological polar surface area (TPSA) is 105 Å². The van der Waals surface area contributed by atoms with Crippen LogP contribution in [0, 0.1) is 0 Å². The van der Waals surface area contributed by atoms with Gasteiger partial charge in [0.25, 0.3) is 10.0 Å². The number of para-hydroxylation sites is 1. The molecule has 5 rings (SSSR count). The normalized spacial score (nSPS) is 13.8. The van der Waals surface area contributed by atoms with E-state index in [-0.39, 0.29) is 35.6 Å². The van der Waals surface area contributed by atoms with E-state index >= 15 is 0 Å². The van der Waals surface area contributed by atoms with Crippen LogP contribution in [-0.2, 0) is 32.6 Å². The minimum absolute atomic E-state index is 0.0323. The van der Waals surface area contributed by atoms with Crippen molar-refractivity contribution in [1.82, 2.24) is 10.2 Å². The maximum absolute atomic E-state index is 14.7. The van der Waals surface area contributed by atoms with Crippen molar-refractivity contribution >= 4 is 43.5 Å². The number of carbonyl (C=O) groups excluding carboxylic acids is 2. The molecule has 0 heterocycles. The Bertz CT molecular complexity index is 1800. The number of carbonyl (C=O) groups is 2. The lowest BCUT2D eigenvalue weighted by Crippen LogP contribution is -2.54. The quantitative estimate of drug-likeness (QED) is 0.162. The van der Waals surface area contributed by atoms with E-state index in [0.717, 1.165) is 45.6 Å². The summed E-state index contributed by atoms with van der Waals surface area (Å²) in [4.78, 5) is 30.3. The van der Waals surface area contributed by atoms with E-state index in [1.165, 1.54) is 37.3 Å². The van der Waals surface area contributed by atoms with Gasteiger partial charge in [-0.15, -0.1) is 0 Å². The van der Waals surface area contributed by atoms with Gasteiger partial charge in [0.15, 0.2) is 11.5 Å². The van der Waals surface area contributed by atoms with Gasteiger partial charge in [-0.3, -0.25) is 13.9 Å². The first-order chi connectivity index (χ1) is 23.2. The molecular weight excluding hydrogens is 694 g/mol. The fourth-order valence-electron chi connectivity index (χ4n) is 5.98. The summed E-state index contributed by atoms with van der Waals surface area (Å²) in [7, 11) is -1.41. The second kappa shape index (κ2) is 16.2. The Morgan fingerprint density at radius 1 is 0.833 bits per heavy atom. The van der Waals surface area contributed by atoms with Crippen LogP contribution in [0.25, 0.3) is 0 Å². The zero-order valence-corrected chi connectivity index (χ0v) is 29.5. The van der Waals surface area contributed by atoms with Gasteiger partial charge in [0.05, 0.1) is 24.8 Å². The first kappa shape index (κ1) is 35.0. The van der Waals surface area contributed by atoms with E-state index in [2.05, 4.69) is 21.2 Å². The molecule has 48 heavy (non-hydrogen) atoms. The van der Waals surface area contributed by atoms with Crippen LogP contribution in [0.1, 0.15) is 36.8 Å². The van der Waals surface area contributed by atoms with Gasteiger partial charge in [-0.1, -0.05) is 89.4 Å². The van der Waals surface area contributed by atoms with Crippen LogP contribution in [0.3, 0.4) is 0 Å². The molecule has 1 saturated carbocycles. The summed E-state index contributed by atoms with van der Waals surface area (Å²) >= 11 is 3.52. The van der Waals surface area contributed by atoms with Gasteiger partial charge in [0, 0.05) is 29.5 Å². The van der Waals surface area contributed by atoms with Crippen LogP contribution >= 0.6 is 15.9 Å². The molecule has 2 amide bonds. The van der Waals surface area contributed by atoms with Gasteiger partial charge in [-0.25, -0.2) is 8.42 Å². The number of nitrogens with one attached hydrogen (secondary N) is 1.